The molecule has 0 aromatic carbocycles. The maximum atomic E-state index is 8.25. The molecule has 112 valence electrons. The Bertz CT molecular complexity index is 25.1. The summed E-state index contributed by atoms with van der Waals surface area (Å²) < 4.78 is 0. The van der Waals surface area contributed by atoms with Crippen LogP contribution in [0, 0.1) is 0 Å². The topological polar surface area (TPSA) is 184 Å². The number of hydrogen-bond acceptors (Lipinski definition) is 8. The quantitative estimate of drug-likeness (QED) is 0.388. The summed E-state index contributed by atoms with van der Waals surface area (Å²) in [6, 6.07) is 0. The van der Waals surface area contributed by atoms with Crippen molar-refractivity contribution < 1.29 is 84.3 Å². The Morgan fingerprint density at radius 1 is 0.222 bits per heavy atom. The number of hydrogen-bond donors (Lipinski definition) is 0. The first kappa shape index (κ1) is 75.5. The van der Waals surface area contributed by atoms with Crippen LogP contribution in [0.1, 0.15) is 0 Å². The number of rotatable bonds is 0. The molecule has 10 heteroatoms. The zero-order valence-corrected chi connectivity index (χ0v) is 15.4. The van der Waals surface area contributed by atoms with Crippen molar-refractivity contribution in [2.75, 3.05) is 56.9 Å². The molecule has 0 unspecified atom stereocenters. The molecule has 0 aromatic heterocycles. The van der Waals surface area contributed by atoms with E-state index in [2.05, 4.69) is 0 Å². The van der Waals surface area contributed by atoms with Crippen molar-refractivity contribution in [3.63, 3.8) is 0 Å². The molecule has 0 aliphatic heterocycles. The van der Waals surface area contributed by atoms with Crippen LogP contribution in [0.3, 0.4) is 0 Å². The molecule has 8 nitrogen and oxygen atoms in total. The summed E-state index contributed by atoms with van der Waals surface area (Å²) in [5.41, 5.74) is 0. The Labute approximate surface area is 141 Å². The van der Waals surface area contributed by atoms with Crippen LogP contribution in [0.15, 0.2) is 0 Å². The van der Waals surface area contributed by atoms with Crippen LogP contribution in [0.2, 0.25) is 0 Å². The summed E-state index contributed by atoms with van der Waals surface area (Å²) in [5, 5.41) is 66.0. The molecule has 0 radical (unpaired) electrons. The Morgan fingerprint density at radius 2 is 0.222 bits per heavy atom. The van der Waals surface area contributed by atoms with Crippen LogP contribution >= 0.6 is 0 Å². The fraction of sp³-hybridized carbons (Fsp3) is 1.00. The van der Waals surface area contributed by atoms with Crippen molar-refractivity contribution in [2.24, 2.45) is 0 Å². The third-order valence-corrected chi connectivity index (χ3v) is 0. The van der Waals surface area contributed by atoms with E-state index in [0.29, 0.717) is 0 Å². The third kappa shape index (κ3) is 3610. The molecule has 0 rings (SSSR count). The fourth-order valence-electron chi connectivity index (χ4n) is 0. The molecule has 0 N–H and O–H groups in total. The second-order valence-corrected chi connectivity index (χ2v) is 0. The molecule has 0 aliphatic carbocycles. The van der Waals surface area contributed by atoms with Crippen LogP contribution in [0.5, 0.6) is 0 Å². The summed E-state index contributed by atoms with van der Waals surface area (Å²) >= 11 is 0. The fourth-order valence-corrected chi connectivity index (χ4v) is 0. The van der Waals surface area contributed by atoms with Crippen LogP contribution in [0.25, 0.3) is 0 Å². The molecule has 0 saturated heterocycles. The van der Waals surface area contributed by atoms with Gasteiger partial charge in [-0.05, 0) is 0 Å². The van der Waals surface area contributed by atoms with Crippen LogP contribution in [-0.4, -0.2) is 56.9 Å². The molecule has 18 heavy (non-hydrogen) atoms. The minimum atomic E-state index is 0. The first-order valence-electron chi connectivity index (χ1n) is 3.27. The minimum Gasteiger partial charge on any atom is -0.857 e. The summed E-state index contributed by atoms with van der Waals surface area (Å²) in [5.74, 6) is 0. The van der Waals surface area contributed by atoms with Gasteiger partial charge in [0.15, 0.2) is 0 Å². The summed E-state index contributed by atoms with van der Waals surface area (Å²) in [6.07, 6.45) is 0. The molecule has 0 aliphatic rings. The summed E-state index contributed by atoms with van der Waals surface area (Å²) in [6.45, 7) is 0. The van der Waals surface area contributed by atoms with Gasteiger partial charge in [0.05, 0.1) is 0 Å². The van der Waals surface area contributed by atoms with Crippen LogP contribution in [-0.2, 0) is 43.4 Å². The van der Waals surface area contributed by atoms with E-state index in [0.717, 1.165) is 56.9 Å². The van der Waals surface area contributed by atoms with E-state index in [1.807, 2.05) is 0 Å². The standard InChI is InChI=1S/8CH3O.2Ti/c8*1-2;;/h8*1H3;;/q8*-1;2*+4. The molecule has 0 heterocycles. The predicted molar refractivity (Wildman–Crippen MR) is 47.4 cm³/mol. The molecule has 0 amide bonds. The normalized spacial score (nSPS) is 2.67. The van der Waals surface area contributed by atoms with Gasteiger partial charge in [0, 0.05) is 0 Å². The molecule has 0 bridgehead atoms. The van der Waals surface area contributed by atoms with Crippen molar-refractivity contribution in [1.29, 1.82) is 0 Å². The van der Waals surface area contributed by atoms with E-state index in [-0.39, 0.29) is 43.4 Å². The van der Waals surface area contributed by atoms with Crippen molar-refractivity contribution in [2.45, 2.75) is 0 Å². The Morgan fingerprint density at radius 3 is 0.222 bits per heavy atom. The molecule has 0 spiro atoms. The molecule has 0 atom stereocenters. The Kier molecular flexibility index (Phi) is 18100. The average molecular weight is 344 g/mol. The molecule has 0 aromatic rings. The molecular weight excluding hydrogens is 320 g/mol. The van der Waals surface area contributed by atoms with Crippen LogP contribution in [0.4, 0.5) is 0 Å². The van der Waals surface area contributed by atoms with Crippen molar-refractivity contribution in [3.8, 4) is 0 Å². The molecule has 0 saturated carbocycles. The zero-order chi connectivity index (χ0) is 16.0. The van der Waals surface area contributed by atoms with Gasteiger partial charge in [-0.15, -0.1) is 0 Å². The SMILES string of the molecule is C[O-].C[O-].C[O-].C[O-].C[O-].C[O-].C[O-].C[O-].[Ti+4].[Ti+4]. The maximum absolute atomic E-state index is 8.25. The van der Waals surface area contributed by atoms with Crippen molar-refractivity contribution in [3.05, 3.63) is 0 Å². The van der Waals surface area contributed by atoms with Gasteiger partial charge in [-0.25, -0.2) is 0 Å². The van der Waals surface area contributed by atoms with E-state index < -0.39 is 0 Å². The minimum absolute atomic E-state index is 0. The first-order valence-corrected chi connectivity index (χ1v) is 3.27. The van der Waals surface area contributed by atoms with E-state index in [9.17, 15) is 0 Å². The van der Waals surface area contributed by atoms with Gasteiger partial charge in [-0.1, -0.05) is 0 Å². The second kappa shape index (κ2) is 4310. The van der Waals surface area contributed by atoms with E-state index >= 15 is 0 Å². The first-order chi connectivity index (χ1) is 8.00. The van der Waals surface area contributed by atoms with Gasteiger partial charge in [-0.2, -0.15) is 56.9 Å². The van der Waals surface area contributed by atoms with Gasteiger partial charge in [0.25, 0.3) is 0 Å². The van der Waals surface area contributed by atoms with E-state index in [1.165, 1.54) is 0 Å². The average Bonchev–Trinajstić information content (AvgIpc) is 2.54. The molecular formula is C8H24O8Ti2. The van der Waals surface area contributed by atoms with Crippen molar-refractivity contribution >= 4 is 0 Å². The molecule has 0 fully saturated rings. The van der Waals surface area contributed by atoms with E-state index in [1.54, 1.807) is 0 Å². The zero-order valence-electron chi connectivity index (χ0n) is 12.3. The van der Waals surface area contributed by atoms with Gasteiger partial charge in [-0.3, -0.25) is 0 Å². The van der Waals surface area contributed by atoms with Gasteiger partial charge < -0.3 is 40.9 Å². The van der Waals surface area contributed by atoms with Gasteiger partial charge >= 0.3 is 43.4 Å². The van der Waals surface area contributed by atoms with Gasteiger partial charge in [0.2, 0.25) is 0 Å². The van der Waals surface area contributed by atoms with Crippen LogP contribution < -0.4 is 40.9 Å². The maximum Gasteiger partial charge on any atom is 4.00 e. The van der Waals surface area contributed by atoms with Gasteiger partial charge in [0.1, 0.15) is 0 Å². The second-order valence-electron chi connectivity index (χ2n) is 0. The van der Waals surface area contributed by atoms with E-state index in [4.69, 9.17) is 40.9 Å². The summed E-state index contributed by atoms with van der Waals surface area (Å²) in [7, 11) is 6.00. The predicted octanol–water partition coefficient (Wildman–Crippen LogP) is -8.19. The summed E-state index contributed by atoms with van der Waals surface area (Å²) in [4.78, 5) is 0. The third-order valence-electron chi connectivity index (χ3n) is 0. The Balaban J connectivity index is -0.00000000500. The monoisotopic (exact) mass is 344 g/mol. The largest absolute Gasteiger partial charge is 4.00 e. The smallest absolute Gasteiger partial charge is 0.857 e. The Hall–Kier alpha value is 1.11. The van der Waals surface area contributed by atoms with Crippen molar-refractivity contribution in [1.82, 2.24) is 0 Å².